The molecule has 0 saturated heterocycles. The standard InChI is InChI=1S/C15H15NO2/c1-2-3-6-13(15(17)18)11-9-10-16-14-8-5-4-7-12(11)14/h2,4-5,7-10,13H,1,3,6H2,(H,17,18). The van der Waals surface area contributed by atoms with Gasteiger partial charge in [0.15, 0.2) is 0 Å². The van der Waals surface area contributed by atoms with Gasteiger partial charge in [0.1, 0.15) is 0 Å². The molecule has 2 rings (SSSR count). The van der Waals surface area contributed by atoms with Crippen LogP contribution >= 0.6 is 0 Å². The van der Waals surface area contributed by atoms with E-state index in [2.05, 4.69) is 11.6 Å². The Hall–Kier alpha value is -2.16. The molecule has 0 aliphatic rings. The predicted octanol–water partition coefficient (Wildman–Crippen LogP) is 3.37. The smallest absolute Gasteiger partial charge is 0.311 e. The lowest BCUT2D eigenvalue weighted by Crippen LogP contribution is -2.12. The number of fused-ring (bicyclic) bond motifs is 1. The second-order valence-corrected chi connectivity index (χ2v) is 4.17. The summed E-state index contributed by atoms with van der Waals surface area (Å²) in [4.78, 5) is 15.6. The highest BCUT2D eigenvalue weighted by Crippen LogP contribution is 2.28. The first-order valence-electron chi connectivity index (χ1n) is 5.91. The molecule has 1 N–H and O–H groups in total. The molecule has 0 aliphatic heterocycles. The number of carboxylic acid groups (broad SMARTS) is 1. The van der Waals surface area contributed by atoms with E-state index in [1.807, 2.05) is 24.3 Å². The van der Waals surface area contributed by atoms with Crippen LogP contribution in [0, 0.1) is 0 Å². The molecule has 3 heteroatoms. The molecule has 0 spiro atoms. The molecule has 0 aliphatic carbocycles. The van der Waals surface area contributed by atoms with Crippen LogP contribution in [0.2, 0.25) is 0 Å². The van der Waals surface area contributed by atoms with E-state index in [-0.39, 0.29) is 0 Å². The molecule has 92 valence electrons. The van der Waals surface area contributed by atoms with Gasteiger partial charge in [0.05, 0.1) is 11.4 Å². The molecule has 18 heavy (non-hydrogen) atoms. The Balaban J connectivity index is 2.49. The fraction of sp³-hybridized carbons (Fsp3) is 0.200. The van der Waals surface area contributed by atoms with E-state index in [0.717, 1.165) is 16.5 Å². The fourth-order valence-electron chi connectivity index (χ4n) is 2.12. The van der Waals surface area contributed by atoms with Crippen LogP contribution < -0.4 is 0 Å². The Morgan fingerprint density at radius 3 is 2.89 bits per heavy atom. The van der Waals surface area contributed by atoms with Gasteiger partial charge in [0, 0.05) is 11.6 Å². The van der Waals surface area contributed by atoms with E-state index >= 15 is 0 Å². The van der Waals surface area contributed by atoms with E-state index in [1.165, 1.54) is 0 Å². The van der Waals surface area contributed by atoms with Gasteiger partial charge in [-0.2, -0.15) is 0 Å². The van der Waals surface area contributed by atoms with Crippen LogP contribution in [0.5, 0.6) is 0 Å². The Labute approximate surface area is 106 Å². The Bertz CT molecular complexity index is 572. The Morgan fingerprint density at radius 2 is 2.17 bits per heavy atom. The third-order valence-corrected chi connectivity index (χ3v) is 3.02. The zero-order valence-corrected chi connectivity index (χ0v) is 10.0. The summed E-state index contributed by atoms with van der Waals surface area (Å²) in [5.74, 6) is -1.30. The minimum atomic E-state index is -0.798. The van der Waals surface area contributed by atoms with Gasteiger partial charge < -0.3 is 5.11 Å². The average Bonchev–Trinajstić information content (AvgIpc) is 2.39. The summed E-state index contributed by atoms with van der Waals surface area (Å²) in [7, 11) is 0. The Kier molecular flexibility index (Phi) is 3.72. The van der Waals surface area contributed by atoms with Gasteiger partial charge in [-0.3, -0.25) is 9.78 Å². The summed E-state index contributed by atoms with van der Waals surface area (Å²) in [5.41, 5.74) is 1.66. The zero-order chi connectivity index (χ0) is 13.0. The second kappa shape index (κ2) is 5.45. The van der Waals surface area contributed by atoms with Crippen molar-refractivity contribution in [3.05, 3.63) is 54.7 Å². The van der Waals surface area contributed by atoms with Crippen molar-refractivity contribution >= 4 is 16.9 Å². The summed E-state index contributed by atoms with van der Waals surface area (Å²) >= 11 is 0. The van der Waals surface area contributed by atoms with Crippen molar-refractivity contribution in [1.29, 1.82) is 0 Å². The molecular formula is C15H15NO2. The number of para-hydroxylation sites is 1. The van der Waals surface area contributed by atoms with Crippen molar-refractivity contribution in [1.82, 2.24) is 4.98 Å². The predicted molar refractivity (Wildman–Crippen MR) is 71.6 cm³/mol. The van der Waals surface area contributed by atoms with Crippen LogP contribution in [0.15, 0.2) is 49.2 Å². The maximum atomic E-state index is 11.4. The minimum Gasteiger partial charge on any atom is -0.481 e. The molecule has 1 aromatic heterocycles. The van der Waals surface area contributed by atoms with Gasteiger partial charge in [-0.25, -0.2) is 0 Å². The van der Waals surface area contributed by atoms with Gasteiger partial charge in [-0.05, 0) is 30.5 Å². The minimum absolute atomic E-state index is 0.504. The molecule has 0 amide bonds. The number of pyridine rings is 1. The SMILES string of the molecule is C=CCCC(C(=O)O)c1ccnc2ccccc12. The molecule has 2 aromatic rings. The third-order valence-electron chi connectivity index (χ3n) is 3.02. The summed E-state index contributed by atoms with van der Waals surface area (Å²) in [6, 6.07) is 9.41. The van der Waals surface area contributed by atoms with Crippen LogP contribution in [0.25, 0.3) is 10.9 Å². The van der Waals surface area contributed by atoms with Gasteiger partial charge in [-0.1, -0.05) is 24.3 Å². The first-order chi connectivity index (χ1) is 8.74. The molecule has 3 nitrogen and oxygen atoms in total. The highest BCUT2D eigenvalue weighted by atomic mass is 16.4. The van der Waals surface area contributed by atoms with Crippen molar-refractivity contribution in [2.45, 2.75) is 18.8 Å². The van der Waals surface area contributed by atoms with Crippen molar-refractivity contribution in [2.24, 2.45) is 0 Å². The van der Waals surface area contributed by atoms with Crippen molar-refractivity contribution in [3.8, 4) is 0 Å². The number of hydrogen-bond donors (Lipinski definition) is 1. The number of carboxylic acids is 1. The highest BCUT2D eigenvalue weighted by molar-refractivity contribution is 5.88. The molecular weight excluding hydrogens is 226 g/mol. The number of benzene rings is 1. The quantitative estimate of drug-likeness (QED) is 0.816. The molecule has 0 radical (unpaired) electrons. The topological polar surface area (TPSA) is 50.2 Å². The molecule has 1 aromatic carbocycles. The number of allylic oxidation sites excluding steroid dienone is 1. The van der Waals surface area contributed by atoms with Crippen molar-refractivity contribution in [3.63, 3.8) is 0 Å². The third kappa shape index (κ3) is 2.40. The molecule has 0 saturated carbocycles. The Morgan fingerprint density at radius 1 is 1.39 bits per heavy atom. The van der Waals surface area contributed by atoms with E-state index in [9.17, 15) is 9.90 Å². The summed E-state index contributed by atoms with van der Waals surface area (Å²) in [6.45, 7) is 3.64. The molecule has 1 heterocycles. The zero-order valence-electron chi connectivity index (χ0n) is 10.0. The lowest BCUT2D eigenvalue weighted by Gasteiger charge is -2.13. The number of nitrogens with zero attached hydrogens (tertiary/aromatic N) is 1. The van der Waals surface area contributed by atoms with Crippen LogP contribution in [0.1, 0.15) is 24.3 Å². The van der Waals surface area contributed by atoms with E-state index in [1.54, 1.807) is 18.3 Å². The van der Waals surface area contributed by atoms with Crippen molar-refractivity contribution < 1.29 is 9.90 Å². The first kappa shape index (κ1) is 12.3. The summed E-state index contributed by atoms with van der Waals surface area (Å²) < 4.78 is 0. The molecule has 1 unspecified atom stereocenters. The molecule has 0 fully saturated rings. The lowest BCUT2D eigenvalue weighted by atomic mass is 9.92. The monoisotopic (exact) mass is 241 g/mol. The molecule has 1 atom stereocenters. The first-order valence-corrected chi connectivity index (χ1v) is 5.91. The maximum Gasteiger partial charge on any atom is 0.311 e. The van der Waals surface area contributed by atoms with Gasteiger partial charge in [-0.15, -0.1) is 6.58 Å². The van der Waals surface area contributed by atoms with Crippen LogP contribution in [-0.2, 0) is 4.79 Å². The number of aliphatic carboxylic acids is 1. The van der Waals surface area contributed by atoms with Crippen LogP contribution in [0.4, 0.5) is 0 Å². The number of aromatic nitrogens is 1. The van der Waals surface area contributed by atoms with Crippen molar-refractivity contribution in [2.75, 3.05) is 0 Å². The van der Waals surface area contributed by atoms with Gasteiger partial charge in [0.25, 0.3) is 0 Å². The number of rotatable bonds is 5. The van der Waals surface area contributed by atoms with E-state index in [0.29, 0.717) is 12.8 Å². The summed E-state index contributed by atoms with van der Waals surface area (Å²) in [6.07, 6.45) is 4.67. The van der Waals surface area contributed by atoms with E-state index in [4.69, 9.17) is 0 Å². The van der Waals surface area contributed by atoms with Gasteiger partial charge >= 0.3 is 5.97 Å². The average molecular weight is 241 g/mol. The van der Waals surface area contributed by atoms with Gasteiger partial charge in [0.2, 0.25) is 0 Å². The maximum absolute atomic E-state index is 11.4. The highest BCUT2D eigenvalue weighted by Gasteiger charge is 2.21. The normalized spacial score (nSPS) is 12.2. The second-order valence-electron chi connectivity index (χ2n) is 4.17. The number of carbonyl (C=O) groups is 1. The summed E-state index contributed by atoms with van der Waals surface area (Å²) in [5, 5.41) is 10.3. The van der Waals surface area contributed by atoms with Crippen LogP contribution in [0.3, 0.4) is 0 Å². The number of hydrogen-bond acceptors (Lipinski definition) is 2. The fourth-order valence-corrected chi connectivity index (χ4v) is 2.12. The lowest BCUT2D eigenvalue weighted by molar-refractivity contribution is -0.138. The van der Waals surface area contributed by atoms with Crippen LogP contribution in [-0.4, -0.2) is 16.1 Å². The molecule has 0 bridgehead atoms. The van der Waals surface area contributed by atoms with E-state index < -0.39 is 11.9 Å². The largest absolute Gasteiger partial charge is 0.481 e.